The molecule has 3 fully saturated rings. The molecule has 4 nitrogen and oxygen atoms in total. The molecule has 4 heteroatoms. The number of ketones is 1. The van der Waals surface area contributed by atoms with Gasteiger partial charge >= 0.3 is 0 Å². The molecule has 0 radical (unpaired) electrons. The number of fused-ring (bicyclic) bond motifs is 4. The third-order valence-electron chi connectivity index (χ3n) is 5.58. The first-order valence-corrected chi connectivity index (χ1v) is 6.97. The lowest BCUT2D eigenvalue weighted by molar-refractivity contribution is -0.247. The third kappa shape index (κ3) is 1.24. The second-order valence-electron chi connectivity index (χ2n) is 6.21. The van der Waals surface area contributed by atoms with Crippen LogP contribution in [0, 0.1) is 11.3 Å². The fourth-order valence-corrected chi connectivity index (χ4v) is 4.42. The van der Waals surface area contributed by atoms with Gasteiger partial charge in [0.05, 0.1) is 23.2 Å². The summed E-state index contributed by atoms with van der Waals surface area (Å²) >= 11 is 0. The summed E-state index contributed by atoms with van der Waals surface area (Å²) in [4.78, 5) is 12.2. The first kappa shape index (κ1) is 12.6. The zero-order valence-corrected chi connectivity index (χ0v) is 11.3. The molecule has 0 amide bonds. The van der Waals surface area contributed by atoms with Crippen LogP contribution in [-0.4, -0.2) is 41.4 Å². The fourth-order valence-electron chi connectivity index (χ4n) is 4.42. The molecule has 3 rings (SSSR count). The molecule has 1 saturated carbocycles. The van der Waals surface area contributed by atoms with E-state index in [1.54, 1.807) is 0 Å². The summed E-state index contributed by atoms with van der Waals surface area (Å²) < 4.78 is 11.7. The third-order valence-corrected chi connectivity index (χ3v) is 5.58. The predicted octanol–water partition coefficient (Wildman–Crippen LogP) is 1.30. The molecule has 2 heterocycles. The number of ether oxygens (including phenoxy) is 2. The SMILES string of the molecule is CCO[C@@H]1C(=O)C[C@]2(O)[C@@H](C)[C@H]3CC[C@H](O3)[C@]12C. The highest BCUT2D eigenvalue weighted by Gasteiger charge is 2.72. The Balaban J connectivity index is 2.06. The van der Waals surface area contributed by atoms with E-state index in [-0.39, 0.29) is 30.3 Å². The number of rotatable bonds is 2. The van der Waals surface area contributed by atoms with Gasteiger partial charge in [-0.25, -0.2) is 0 Å². The van der Waals surface area contributed by atoms with Gasteiger partial charge in [0, 0.05) is 18.9 Å². The van der Waals surface area contributed by atoms with Gasteiger partial charge in [0.1, 0.15) is 6.10 Å². The van der Waals surface area contributed by atoms with Crippen molar-refractivity contribution >= 4 is 5.78 Å². The van der Waals surface area contributed by atoms with E-state index < -0.39 is 17.1 Å². The van der Waals surface area contributed by atoms with Crippen molar-refractivity contribution in [2.45, 2.75) is 63.9 Å². The molecule has 2 bridgehead atoms. The molecular weight excluding hydrogens is 232 g/mol. The van der Waals surface area contributed by atoms with Crippen LogP contribution in [0.3, 0.4) is 0 Å². The van der Waals surface area contributed by atoms with Crippen LogP contribution in [0.1, 0.15) is 40.0 Å². The Morgan fingerprint density at radius 1 is 1.50 bits per heavy atom. The number of aliphatic hydroxyl groups is 1. The summed E-state index contributed by atoms with van der Waals surface area (Å²) in [6.45, 7) is 6.36. The number of carbonyl (C=O) groups is 1. The van der Waals surface area contributed by atoms with E-state index in [1.165, 1.54) is 0 Å². The molecule has 0 unspecified atom stereocenters. The molecule has 0 aromatic rings. The highest BCUT2D eigenvalue weighted by atomic mass is 16.5. The minimum atomic E-state index is -0.964. The molecule has 2 aliphatic heterocycles. The minimum absolute atomic E-state index is 0.00402. The zero-order chi connectivity index (χ0) is 13.1. The first-order chi connectivity index (χ1) is 8.45. The molecule has 3 aliphatic rings. The Labute approximate surface area is 108 Å². The molecule has 0 aromatic carbocycles. The zero-order valence-electron chi connectivity index (χ0n) is 11.3. The Morgan fingerprint density at radius 2 is 2.22 bits per heavy atom. The van der Waals surface area contributed by atoms with E-state index in [2.05, 4.69) is 0 Å². The van der Waals surface area contributed by atoms with E-state index in [0.717, 1.165) is 12.8 Å². The van der Waals surface area contributed by atoms with Crippen molar-refractivity contribution in [2.75, 3.05) is 6.61 Å². The molecule has 1 aliphatic carbocycles. The number of carbonyl (C=O) groups excluding carboxylic acids is 1. The fraction of sp³-hybridized carbons (Fsp3) is 0.929. The standard InChI is InChI=1S/C14H22O4/c1-4-17-12-9(15)7-14(16)8(2)10-5-6-11(18-10)13(12,14)3/h8,10-12,16H,4-7H2,1-3H3/t8-,10+,11-,12+,13+,14-/m0/s1. The van der Waals surface area contributed by atoms with Gasteiger partial charge in [-0.15, -0.1) is 0 Å². The van der Waals surface area contributed by atoms with Crippen molar-refractivity contribution in [1.29, 1.82) is 0 Å². The largest absolute Gasteiger partial charge is 0.388 e. The average Bonchev–Trinajstić information content (AvgIpc) is 2.86. The van der Waals surface area contributed by atoms with Crippen LogP contribution in [0.25, 0.3) is 0 Å². The summed E-state index contributed by atoms with van der Waals surface area (Å²) in [6.07, 6.45) is 1.65. The lowest BCUT2D eigenvalue weighted by atomic mass is 9.64. The van der Waals surface area contributed by atoms with Crippen LogP contribution in [-0.2, 0) is 14.3 Å². The van der Waals surface area contributed by atoms with Gasteiger partial charge < -0.3 is 14.6 Å². The lowest BCUT2D eigenvalue weighted by Gasteiger charge is -2.52. The summed E-state index contributed by atoms with van der Waals surface area (Å²) in [7, 11) is 0. The number of hydrogen-bond acceptors (Lipinski definition) is 4. The molecule has 2 saturated heterocycles. The Kier molecular flexibility index (Phi) is 2.64. The van der Waals surface area contributed by atoms with Gasteiger partial charge in [-0.3, -0.25) is 4.79 Å². The van der Waals surface area contributed by atoms with Crippen LogP contribution in [0.4, 0.5) is 0 Å². The smallest absolute Gasteiger partial charge is 0.165 e. The van der Waals surface area contributed by atoms with Crippen molar-refractivity contribution in [1.82, 2.24) is 0 Å². The van der Waals surface area contributed by atoms with Crippen LogP contribution < -0.4 is 0 Å². The first-order valence-electron chi connectivity index (χ1n) is 6.97. The van der Waals surface area contributed by atoms with Crippen LogP contribution >= 0.6 is 0 Å². The molecule has 0 spiro atoms. The highest BCUT2D eigenvalue weighted by molar-refractivity contribution is 5.88. The van der Waals surface area contributed by atoms with Crippen molar-refractivity contribution in [3.05, 3.63) is 0 Å². The van der Waals surface area contributed by atoms with Crippen molar-refractivity contribution in [3.63, 3.8) is 0 Å². The maximum absolute atomic E-state index is 12.2. The van der Waals surface area contributed by atoms with Crippen molar-refractivity contribution < 1.29 is 19.4 Å². The second kappa shape index (κ2) is 3.78. The van der Waals surface area contributed by atoms with Crippen LogP contribution in [0.5, 0.6) is 0 Å². The topological polar surface area (TPSA) is 55.8 Å². The predicted molar refractivity (Wildman–Crippen MR) is 65.2 cm³/mol. The van der Waals surface area contributed by atoms with Gasteiger partial charge in [0.15, 0.2) is 5.78 Å². The number of hydrogen-bond donors (Lipinski definition) is 1. The van der Waals surface area contributed by atoms with E-state index in [1.807, 2.05) is 20.8 Å². The Morgan fingerprint density at radius 3 is 2.89 bits per heavy atom. The summed E-state index contributed by atoms with van der Waals surface area (Å²) in [6, 6.07) is 0. The van der Waals surface area contributed by atoms with E-state index in [4.69, 9.17) is 9.47 Å². The number of Topliss-reactive ketones (excluding diaryl/α,β-unsaturated/α-hetero) is 1. The quantitative estimate of drug-likeness (QED) is 0.807. The highest BCUT2D eigenvalue weighted by Crippen LogP contribution is 2.60. The molecule has 0 aromatic heterocycles. The van der Waals surface area contributed by atoms with E-state index in [0.29, 0.717) is 6.61 Å². The van der Waals surface area contributed by atoms with Crippen molar-refractivity contribution in [3.8, 4) is 0 Å². The monoisotopic (exact) mass is 254 g/mol. The van der Waals surface area contributed by atoms with Gasteiger partial charge in [-0.05, 0) is 19.8 Å². The van der Waals surface area contributed by atoms with Crippen molar-refractivity contribution in [2.24, 2.45) is 11.3 Å². The van der Waals surface area contributed by atoms with E-state index in [9.17, 15) is 9.90 Å². The summed E-state index contributed by atoms with van der Waals surface area (Å²) in [5.74, 6) is 0.0282. The second-order valence-corrected chi connectivity index (χ2v) is 6.21. The van der Waals surface area contributed by atoms with E-state index >= 15 is 0 Å². The average molecular weight is 254 g/mol. The molecule has 18 heavy (non-hydrogen) atoms. The van der Waals surface area contributed by atoms with Crippen LogP contribution in [0.15, 0.2) is 0 Å². The Hall–Kier alpha value is -0.450. The molecule has 6 atom stereocenters. The van der Waals surface area contributed by atoms with Gasteiger partial charge in [-0.1, -0.05) is 13.8 Å². The normalized spacial score (nSPS) is 54.8. The molecule has 102 valence electrons. The summed E-state index contributed by atoms with van der Waals surface area (Å²) in [5.41, 5.74) is -1.56. The maximum atomic E-state index is 12.2. The summed E-state index contributed by atoms with van der Waals surface area (Å²) in [5, 5.41) is 11.1. The van der Waals surface area contributed by atoms with Gasteiger partial charge in [-0.2, -0.15) is 0 Å². The van der Waals surface area contributed by atoms with Gasteiger partial charge in [0.2, 0.25) is 0 Å². The lowest BCUT2D eigenvalue weighted by Crippen LogP contribution is -2.63. The van der Waals surface area contributed by atoms with Crippen LogP contribution in [0.2, 0.25) is 0 Å². The minimum Gasteiger partial charge on any atom is -0.388 e. The molecule has 1 N–H and O–H groups in total. The Bertz CT molecular complexity index is 382. The van der Waals surface area contributed by atoms with Gasteiger partial charge in [0.25, 0.3) is 0 Å². The molecular formula is C14H22O4. The maximum Gasteiger partial charge on any atom is 0.165 e.